The lowest BCUT2D eigenvalue weighted by Gasteiger charge is -2.25. The Labute approximate surface area is 126 Å². The summed E-state index contributed by atoms with van der Waals surface area (Å²) in [7, 11) is 0. The first-order valence-corrected chi connectivity index (χ1v) is 8.06. The first-order valence-electron chi connectivity index (χ1n) is 7.43. The lowest BCUT2D eigenvalue weighted by atomic mass is 10.1. The summed E-state index contributed by atoms with van der Waals surface area (Å²) < 4.78 is 0. The smallest absolute Gasteiger partial charge is 0.223 e. The molecule has 1 amide bonds. The van der Waals surface area contributed by atoms with Crippen molar-refractivity contribution in [3.63, 3.8) is 0 Å². The molecule has 2 atom stereocenters. The third-order valence-electron chi connectivity index (χ3n) is 4.43. The lowest BCUT2D eigenvalue weighted by molar-refractivity contribution is -0.129. The maximum absolute atomic E-state index is 12.1. The summed E-state index contributed by atoms with van der Waals surface area (Å²) in [5.41, 5.74) is 1.36. The highest BCUT2D eigenvalue weighted by molar-refractivity contribution is 7.80. The largest absolute Gasteiger partial charge is 0.338 e. The fourth-order valence-corrected chi connectivity index (χ4v) is 3.58. The summed E-state index contributed by atoms with van der Waals surface area (Å²) >= 11 is 4.33. The van der Waals surface area contributed by atoms with Crippen molar-refractivity contribution in [2.75, 3.05) is 25.4 Å². The number of carbonyl (C=O) groups excluding carboxylic acids is 1. The van der Waals surface area contributed by atoms with E-state index in [-0.39, 0.29) is 0 Å². The predicted octanol–water partition coefficient (Wildman–Crippen LogP) is 2.04. The number of hydrogen-bond donors (Lipinski definition) is 1. The molecule has 2 aliphatic heterocycles. The zero-order valence-corrected chi connectivity index (χ0v) is 12.6. The molecule has 0 aliphatic carbocycles. The molecule has 2 unspecified atom stereocenters. The van der Waals surface area contributed by atoms with Gasteiger partial charge < -0.3 is 4.90 Å². The van der Waals surface area contributed by atoms with Gasteiger partial charge in [-0.1, -0.05) is 30.3 Å². The Hall–Kier alpha value is -1.00. The van der Waals surface area contributed by atoms with Crippen molar-refractivity contribution < 1.29 is 4.79 Å². The SMILES string of the molecule is O=C1CC(CS)CN1C1CCN(Cc2ccccc2)C1. The van der Waals surface area contributed by atoms with Crippen LogP contribution >= 0.6 is 12.6 Å². The van der Waals surface area contributed by atoms with E-state index in [1.54, 1.807) is 0 Å². The fourth-order valence-electron chi connectivity index (χ4n) is 3.34. The Morgan fingerprint density at radius 3 is 2.70 bits per heavy atom. The normalized spacial score (nSPS) is 27.4. The number of benzene rings is 1. The third kappa shape index (κ3) is 3.01. The molecule has 3 rings (SSSR count). The molecule has 0 aromatic heterocycles. The zero-order chi connectivity index (χ0) is 13.9. The summed E-state index contributed by atoms with van der Waals surface area (Å²) in [6.07, 6.45) is 1.80. The van der Waals surface area contributed by atoms with Gasteiger partial charge in [-0.05, 0) is 23.7 Å². The number of nitrogens with zero attached hydrogens (tertiary/aromatic N) is 2. The number of carbonyl (C=O) groups is 1. The number of thiol groups is 1. The monoisotopic (exact) mass is 290 g/mol. The molecule has 0 bridgehead atoms. The Morgan fingerprint density at radius 2 is 2.00 bits per heavy atom. The average molecular weight is 290 g/mol. The van der Waals surface area contributed by atoms with Gasteiger partial charge in [-0.25, -0.2) is 0 Å². The highest BCUT2D eigenvalue weighted by Gasteiger charge is 2.36. The van der Waals surface area contributed by atoms with E-state index in [4.69, 9.17) is 0 Å². The van der Waals surface area contributed by atoms with Crippen LogP contribution in [-0.4, -0.2) is 47.1 Å². The summed E-state index contributed by atoms with van der Waals surface area (Å²) in [5.74, 6) is 1.60. The van der Waals surface area contributed by atoms with Crippen molar-refractivity contribution in [3.05, 3.63) is 35.9 Å². The molecular formula is C16H22N2OS. The summed E-state index contributed by atoms with van der Waals surface area (Å²) in [6, 6.07) is 11.0. The van der Waals surface area contributed by atoms with Crippen molar-refractivity contribution in [1.82, 2.24) is 9.80 Å². The van der Waals surface area contributed by atoms with Crippen LogP contribution < -0.4 is 0 Å². The minimum Gasteiger partial charge on any atom is -0.338 e. The molecule has 2 saturated heterocycles. The molecule has 20 heavy (non-hydrogen) atoms. The highest BCUT2D eigenvalue weighted by atomic mass is 32.1. The number of rotatable bonds is 4. The van der Waals surface area contributed by atoms with E-state index in [2.05, 4.69) is 52.8 Å². The van der Waals surface area contributed by atoms with Gasteiger partial charge in [0.25, 0.3) is 0 Å². The summed E-state index contributed by atoms with van der Waals surface area (Å²) in [6.45, 7) is 4.01. The Morgan fingerprint density at radius 1 is 1.20 bits per heavy atom. The van der Waals surface area contributed by atoms with Crippen LogP contribution in [0, 0.1) is 5.92 Å². The molecule has 0 spiro atoms. The number of hydrogen-bond acceptors (Lipinski definition) is 3. The van der Waals surface area contributed by atoms with Crippen molar-refractivity contribution in [2.24, 2.45) is 5.92 Å². The van der Waals surface area contributed by atoms with Gasteiger partial charge in [-0.2, -0.15) is 12.6 Å². The zero-order valence-electron chi connectivity index (χ0n) is 11.7. The van der Waals surface area contributed by atoms with Gasteiger partial charge in [0.05, 0.1) is 0 Å². The van der Waals surface area contributed by atoms with Gasteiger partial charge in [-0.15, -0.1) is 0 Å². The minimum atomic E-state index is 0.329. The maximum atomic E-state index is 12.1. The van der Waals surface area contributed by atoms with Gasteiger partial charge in [0, 0.05) is 38.6 Å². The van der Waals surface area contributed by atoms with Crippen LogP contribution in [0.5, 0.6) is 0 Å². The van der Waals surface area contributed by atoms with Crippen LogP contribution in [0.1, 0.15) is 18.4 Å². The summed E-state index contributed by atoms with van der Waals surface area (Å²) in [4.78, 5) is 16.6. The van der Waals surface area contributed by atoms with Crippen molar-refractivity contribution in [1.29, 1.82) is 0 Å². The van der Waals surface area contributed by atoms with Gasteiger partial charge in [-0.3, -0.25) is 9.69 Å². The van der Waals surface area contributed by atoms with Gasteiger partial charge in [0.2, 0.25) is 5.91 Å². The molecular weight excluding hydrogens is 268 g/mol. The van der Waals surface area contributed by atoms with Gasteiger partial charge in [0.15, 0.2) is 0 Å². The fraction of sp³-hybridized carbons (Fsp3) is 0.562. The second-order valence-corrected chi connectivity index (χ2v) is 6.33. The van der Waals surface area contributed by atoms with Crippen LogP contribution in [0.15, 0.2) is 30.3 Å². The molecule has 2 aliphatic rings. The van der Waals surface area contributed by atoms with Gasteiger partial charge >= 0.3 is 0 Å². The van der Waals surface area contributed by atoms with Crippen LogP contribution in [0.4, 0.5) is 0 Å². The van der Waals surface area contributed by atoms with E-state index in [9.17, 15) is 4.79 Å². The summed E-state index contributed by atoms with van der Waals surface area (Å²) in [5, 5.41) is 0. The topological polar surface area (TPSA) is 23.6 Å². The molecule has 108 valence electrons. The third-order valence-corrected chi connectivity index (χ3v) is 4.95. The number of amides is 1. The predicted molar refractivity (Wildman–Crippen MR) is 83.8 cm³/mol. The quantitative estimate of drug-likeness (QED) is 0.858. The van der Waals surface area contributed by atoms with Crippen molar-refractivity contribution in [2.45, 2.75) is 25.4 Å². The van der Waals surface area contributed by atoms with Gasteiger partial charge in [0.1, 0.15) is 0 Å². The van der Waals surface area contributed by atoms with Crippen LogP contribution in [-0.2, 0) is 11.3 Å². The van der Waals surface area contributed by atoms with E-state index in [1.807, 2.05) is 0 Å². The Balaban J connectivity index is 1.56. The molecule has 1 aromatic carbocycles. The molecule has 0 radical (unpaired) electrons. The maximum Gasteiger partial charge on any atom is 0.223 e. The van der Waals surface area contributed by atoms with Crippen molar-refractivity contribution >= 4 is 18.5 Å². The molecule has 1 aromatic rings. The van der Waals surface area contributed by atoms with E-state index >= 15 is 0 Å². The lowest BCUT2D eigenvalue weighted by Crippen LogP contribution is -2.38. The van der Waals surface area contributed by atoms with E-state index in [1.165, 1.54) is 5.56 Å². The van der Waals surface area contributed by atoms with E-state index < -0.39 is 0 Å². The number of likely N-dealkylation sites (tertiary alicyclic amines) is 2. The molecule has 2 fully saturated rings. The first-order chi connectivity index (χ1) is 9.76. The van der Waals surface area contributed by atoms with E-state index in [0.717, 1.165) is 38.4 Å². The molecule has 4 heteroatoms. The molecule has 0 N–H and O–H groups in total. The van der Waals surface area contributed by atoms with Crippen LogP contribution in [0.3, 0.4) is 0 Å². The van der Waals surface area contributed by atoms with E-state index in [0.29, 0.717) is 24.3 Å². The van der Waals surface area contributed by atoms with Crippen molar-refractivity contribution in [3.8, 4) is 0 Å². The van der Waals surface area contributed by atoms with Crippen LogP contribution in [0.2, 0.25) is 0 Å². The Bertz CT molecular complexity index is 465. The van der Waals surface area contributed by atoms with Crippen LogP contribution in [0.25, 0.3) is 0 Å². The minimum absolute atomic E-state index is 0.329. The Kier molecular flexibility index (Phi) is 4.32. The molecule has 0 saturated carbocycles. The second kappa shape index (κ2) is 6.19. The first kappa shape index (κ1) is 14.0. The standard InChI is InChI=1S/C16H22N2OS/c19-16-8-14(12-20)10-18(16)15-6-7-17(11-15)9-13-4-2-1-3-5-13/h1-5,14-15,20H,6-12H2. The molecule has 2 heterocycles. The molecule has 3 nitrogen and oxygen atoms in total. The average Bonchev–Trinajstić information content (AvgIpc) is 3.06. The highest BCUT2D eigenvalue weighted by Crippen LogP contribution is 2.26. The second-order valence-electron chi connectivity index (χ2n) is 5.96.